The molecule has 0 bridgehead atoms. The standard InChI is InChI=1S/C12H15F3OS/c1-2-4-10(16)8-17-11-6-3-5-9(7-11)12(13,14)15/h3,5-7,10,16H,2,4,8H2,1H3. The van der Waals surface area contributed by atoms with Gasteiger partial charge in [-0.05, 0) is 24.6 Å². The Hall–Kier alpha value is -0.680. The van der Waals surface area contributed by atoms with Gasteiger partial charge in [0.15, 0.2) is 0 Å². The molecule has 0 saturated heterocycles. The van der Waals surface area contributed by atoms with Crippen molar-refractivity contribution in [3.8, 4) is 0 Å². The third kappa shape index (κ3) is 5.00. The maximum atomic E-state index is 12.4. The Bertz CT molecular complexity index is 352. The molecule has 5 heteroatoms. The molecule has 1 rings (SSSR count). The summed E-state index contributed by atoms with van der Waals surface area (Å²) < 4.78 is 37.3. The highest BCUT2D eigenvalue weighted by Gasteiger charge is 2.30. The number of benzene rings is 1. The molecule has 96 valence electrons. The van der Waals surface area contributed by atoms with E-state index in [-0.39, 0.29) is 0 Å². The van der Waals surface area contributed by atoms with Gasteiger partial charge in [-0.25, -0.2) is 0 Å². The van der Waals surface area contributed by atoms with Gasteiger partial charge in [-0.15, -0.1) is 11.8 Å². The van der Waals surface area contributed by atoms with E-state index in [0.29, 0.717) is 17.1 Å². The highest BCUT2D eigenvalue weighted by molar-refractivity contribution is 7.99. The van der Waals surface area contributed by atoms with E-state index >= 15 is 0 Å². The number of aliphatic hydroxyl groups excluding tert-OH is 1. The van der Waals surface area contributed by atoms with Gasteiger partial charge < -0.3 is 5.11 Å². The Labute approximate surface area is 103 Å². The first-order chi connectivity index (χ1) is 7.93. The number of thioether (sulfide) groups is 1. The van der Waals surface area contributed by atoms with Gasteiger partial charge in [0.05, 0.1) is 11.7 Å². The largest absolute Gasteiger partial charge is 0.416 e. The molecule has 0 aliphatic heterocycles. The van der Waals surface area contributed by atoms with Crippen molar-refractivity contribution in [2.45, 2.75) is 36.9 Å². The first-order valence-corrected chi connectivity index (χ1v) is 6.40. The van der Waals surface area contributed by atoms with Gasteiger partial charge in [0.1, 0.15) is 0 Å². The van der Waals surface area contributed by atoms with Crippen molar-refractivity contribution >= 4 is 11.8 Å². The maximum Gasteiger partial charge on any atom is 0.416 e. The molecule has 0 fully saturated rings. The van der Waals surface area contributed by atoms with Gasteiger partial charge in [0.2, 0.25) is 0 Å². The summed E-state index contributed by atoms with van der Waals surface area (Å²) in [5.41, 5.74) is -0.646. The van der Waals surface area contributed by atoms with Gasteiger partial charge in [0.25, 0.3) is 0 Å². The zero-order valence-corrected chi connectivity index (χ0v) is 10.3. The Balaban J connectivity index is 2.60. The minimum Gasteiger partial charge on any atom is -0.392 e. The number of alkyl halides is 3. The molecule has 1 atom stereocenters. The summed E-state index contributed by atoms with van der Waals surface area (Å²) in [7, 11) is 0. The van der Waals surface area contributed by atoms with Crippen molar-refractivity contribution in [3.63, 3.8) is 0 Å². The predicted molar refractivity (Wildman–Crippen MR) is 63.1 cm³/mol. The fourth-order valence-corrected chi connectivity index (χ4v) is 2.31. The first kappa shape index (κ1) is 14.4. The van der Waals surface area contributed by atoms with Crippen LogP contribution in [0.15, 0.2) is 29.2 Å². The lowest BCUT2D eigenvalue weighted by Crippen LogP contribution is -2.09. The quantitative estimate of drug-likeness (QED) is 0.812. The average molecular weight is 264 g/mol. The lowest BCUT2D eigenvalue weighted by atomic mass is 10.2. The van der Waals surface area contributed by atoms with Gasteiger partial charge in [-0.3, -0.25) is 0 Å². The minimum atomic E-state index is -4.31. The highest BCUT2D eigenvalue weighted by atomic mass is 32.2. The van der Waals surface area contributed by atoms with Crippen LogP contribution in [0.3, 0.4) is 0 Å². The number of hydrogen-bond acceptors (Lipinski definition) is 2. The van der Waals surface area contributed by atoms with Crippen molar-refractivity contribution < 1.29 is 18.3 Å². The third-order valence-corrected chi connectivity index (χ3v) is 3.36. The van der Waals surface area contributed by atoms with E-state index < -0.39 is 17.8 Å². The van der Waals surface area contributed by atoms with Crippen molar-refractivity contribution in [1.82, 2.24) is 0 Å². The van der Waals surface area contributed by atoms with Gasteiger partial charge >= 0.3 is 6.18 Å². The maximum absolute atomic E-state index is 12.4. The summed E-state index contributed by atoms with van der Waals surface area (Å²) in [4.78, 5) is 0.537. The molecule has 1 nitrogen and oxygen atoms in total. The summed E-state index contributed by atoms with van der Waals surface area (Å²) in [6.45, 7) is 1.96. The number of hydrogen-bond donors (Lipinski definition) is 1. The summed E-state index contributed by atoms with van der Waals surface area (Å²) in [5, 5.41) is 9.50. The van der Waals surface area contributed by atoms with E-state index in [1.165, 1.54) is 17.8 Å². The second-order valence-corrected chi connectivity index (χ2v) is 4.87. The molecular weight excluding hydrogens is 249 g/mol. The van der Waals surface area contributed by atoms with Gasteiger partial charge in [-0.2, -0.15) is 13.2 Å². The van der Waals surface area contributed by atoms with Crippen LogP contribution in [0, 0.1) is 0 Å². The van der Waals surface area contributed by atoms with E-state index in [0.717, 1.165) is 18.6 Å². The Morgan fingerprint density at radius 3 is 2.65 bits per heavy atom. The van der Waals surface area contributed by atoms with Crippen LogP contribution in [-0.4, -0.2) is 17.0 Å². The van der Waals surface area contributed by atoms with Crippen LogP contribution in [0.5, 0.6) is 0 Å². The van der Waals surface area contributed by atoms with Crippen molar-refractivity contribution in [2.75, 3.05) is 5.75 Å². The fraction of sp³-hybridized carbons (Fsp3) is 0.500. The van der Waals surface area contributed by atoms with E-state index in [2.05, 4.69) is 0 Å². The van der Waals surface area contributed by atoms with E-state index in [1.807, 2.05) is 6.92 Å². The van der Waals surface area contributed by atoms with Crippen LogP contribution in [0.25, 0.3) is 0 Å². The predicted octanol–water partition coefficient (Wildman–Crippen LogP) is 3.96. The molecule has 0 spiro atoms. The smallest absolute Gasteiger partial charge is 0.392 e. The SMILES string of the molecule is CCCC(O)CSc1cccc(C(F)(F)F)c1. The number of rotatable bonds is 5. The Morgan fingerprint density at radius 2 is 2.06 bits per heavy atom. The number of halogens is 3. The van der Waals surface area contributed by atoms with Crippen molar-refractivity contribution in [2.24, 2.45) is 0 Å². The molecule has 0 radical (unpaired) electrons. The lowest BCUT2D eigenvalue weighted by molar-refractivity contribution is -0.137. The summed E-state index contributed by atoms with van der Waals surface area (Å²) in [5.74, 6) is 0.426. The molecule has 0 heterocycles. The molecule has 1 N–H and O–H groups in total. The zero-order valence-electron chi connectivity index (χ0n) is 9.50. The molecule has 0 aliphatic rings. The summed E-state index contributed by atoms with van der Waals surface area (Å²) >= 11 is 1.25. The normalized spacial score (nSPS) is 13.7. The first-order valence-electron chi connectivity index (χ1n) is 5.41. The van der Waals surface area contributed by atoms with Gasteiger partial charge in [0, 0.05) is 10.6 Å². The molecule has 0 saturated carbocycles. The zero-order chi connectivity index (χ0) is 12.9. The van der Waals surface area contributed by atoms with Crippen LogP contribution in [0.2, 0.25) is 0 Å². The second kappa shape index (κ2) is 6.31. The molecule has 0 amide bonds. The molecular formula is C12H15F3OS. The average Bonchev–Trinajstić information content (AvgIpc) is 2.26. The minimum absolute atomic E-state index is 0.426. The van der Waals surface area contributed by atoms with Crippen LogP contribution in [-0.2, 0) is 6.18 Å². The van der Waals surface area contributed by atoms with Crippen LogP contribution in [0.4, 0.5) is 13.2 Å². The third-order valence-electron chi connectivity index (χ3n) is 2.23. The Kier molecular flexibility index (Phi) is 5.33. The topological polar surface area (TPSA) is 20.2 Å². The van der Waals surface area contributed by atoms with Crippen molar-refractivity contribution in [3.05, 3.63) is 29.8 Å². The summed E-state index contributed by atoms with van der Waals surface area (Å²) in [6, 6.07) is 5.17. The fourth-order valence-electron chi connectivity index (χ4n) is 1.37. The van der Waals surface area contributed by atoms with Gasteiger partial charge in [-0.1, -0.05) is 19.4 Å². The van der Waals surface area contributed by atoms with Crippen LogP contribution in [0.1, 0.15) is 25.3 Å². The second-order valence-electron chi connectivity index (χ2n) is 3.78. The number of aliphatic hydroxyl groups is 1. The van der Waals surface area contributed by atoms with Crippen molar-refractivity contribution in [1.29, 1.82) is 0 Å². The summed E-state index contributed by atoms with van der Waals surface area (Å²) in [6.07, 6.45) is -3.23. The van der Waals surface area contributed by atoms with E-state index in [4.69, 9.17) is 0 Å². The van der Waals surface area contributed by atoms with Crippen LogP contribution < -0.4 is 0 Å². The van der Waals surface area contributed by atoms with Crippen LogP contribution >= 0.6 is 11.8 Å². The van der Waals surface area contributed by atoms with E-state index in [9.17, 15) is 18.3 Å². The lowest BCUT2D eigenvalue weighted by Gasteiger charge is -2.10. The highest BCUT2D eigenvalue weighted by Crippen LogP contribution is 2.32. The molecule has 0 aliphatic carbocycles. The monoisotopic (exact) mass is 264 g/mol. The molecule has 17 heavy (non-hydrogen) atoms. The molecule has 1 aromatic carbocycles. The molecule has 1 aromatic rings. The molecule has 0 aromatic heterocycles. The molecule has 1 unspecified atom stereocenters. The van der Waals surface area contributed by atoms with E-state index in [1.54, 1.807) is 6.07 Å². The Morgan fingerprint density at radius 1 is 1.35 bits per heavy atom.